The Hall–Kier alpha value is -2.75. The number of hydrogen-bond donors (Lipinski definition) is 0. The minimum Gasteiger partial charge on any atom is -0.294 e. The monoisotopic (exact) mass is 306 g/mol. The highest BCUT2D eigenvalue weighted by Gasteiger charge is 2.29. The van der Waals surface area contributed by atoms with Crippen LogP contribution in [0.15, 0.2) is 60.8 Å². The summed E-state index contributed by atoms with van der Waals surface area (Å²) in [5.74, 6) is -0.00595. The Morgan fingerprint density at radius 1 is 1.00 bits per heavy atom. The highest BCUT2D eigenvalue weighted by atomic mass is 19.1. The first-order valence-corrected chi connectivity index (χ1v) is 7.63. The van der Waals surface area contributed by atoms with Crippen LogP contribution in [0.4, 0.5) is 4.39 Å². The molecule has 0 aliphatic heterocycles. The highest BCUT2D eigenvalue weighted by molar-refractivity contribution is 5.98. The van der Waals surface area contributed by atoms with Gasteiger partial charge in [0.1, 0.15) is 5.82 Å². The van der Waals surface area contributed by atoms with Crippen LogP contribution in [0.5, 0.6) is 0 Å². The Kier molecular flexibility index (Phi) is 3.30. The van der Waals surface area contributed by atoms with E-state index in [1.54, 1.807) is 23.0 Å². The second kappa shape index (κ2) is 5.47. The topological polar surface area (TPSA) is 34.9 Å². The summed E-state index contributed by atoms with van der Waals surface area (Å²) in [6.45, 7) is 0. The molecule has 0 fully saturated rings. The Morgan fingerprint density at radius 3 is 2.48 bits per heavy atom. The van der Waals surface area contributed by atoms with Gasteiger partial charge in [0, 0.05) is 6.42 Å². The molecule has 1 aromatic heterocycles. The lowest BCUT2D eigenvalue weighted by atomic mass is 9.82. The molecule has 4 heteroatoms. The number of ketones is 1. The molecule has 4 rings (SSSR count). The minimum atomic E-state index is -0.284. The Morgan fingerprint density at radius 2 is 1.74 bits per heavy atom. The van der Waals surface area contributed by atoms with Crippen LogP contribution in [0.2, 0.25) is 0 Å². The molecule has 0 radical (unpaired) electrons. The van der Waals surface area contributed by atoms with E-state index in [0.717, 1.165) is 17.8 Å². The van der Waals surface area contributed by atoms with Crippen LogP contribution in [0.3, 0.4) is 0 Å². The first-order chi connectivity index (χ1) is 11.2. The third-order valence-corrected chi connectivity index (χ3v) is 4.38. The van der Waals surface area contributed by atoms with Gasteiger partial charge in [0.2, 0.25) is 0 Å². The number of aromatic nitrogens is 2. The van der Waals surface area contributed by atoms with Crippen molar-refractivity contribution in [3.05, 3.63) is 83.4 Å². The summed E-state index contributed by atoms with van der Waals surface area (Å²) >= 11 is 0. The summed E-state index contributed by atoms with van der Waals surface area (Å²) in [6.07, 6.45) is 2.89. The Bertz CT molecular complexity index is 853. The maximum absolute atomic E-state index is 13.1. The smallest absolute Gasteiger partial charge is 0.166 e. The quantitative estimate of drug-likeness (QED) is 0.719. The second-order valence-corrected chi connectivity index (χ2v) is 5.83. The molecular formula is C19H15FN2O. The molecule has 0 saturated heterocycles. The van der Waals surface area contributed by atoms with E-state index in [0.29, 0.717) is 12.0 Å². The van der Waals surface area contributed by atoms with Crippen molar-refractivity contribution in [3.8, 4) is 5.69 Å². The first-order valence-electron chi connectivity index (χ1n) is 7.63. The lowest BCUT2D eigenvalue weighted by Crippen LogP contribution is -2.20. The molecule has 1 heterocycles. The van der Waals surface area contributed by atoms with Gasteiger partial charge in [0.15, 0.2) is 5.78 Å². The van der Waals surface area contributed by atoms with E-state index >= 15 is 0 Å². The van der Waals surface area contributed by atoms with E-state index in [1.807, 2.05) is 18.2 Å². The van der Waals surface area contributed by atoms with Crippen LogP contribution in [-0.4, -0.2) is 15.6 Å². The fraction of sp³-hybridized carbons (Fsp3) is 0.158. The molecular weight excluding hydrogens is 291 g/mol. The van der Waals surface area contributed by atoms with Crippen molar-refractivity contribution in [3.63, 3.8) is 0 Å². The number of nitrogens with zero attached hydrogens (tertiary/aromatic N) is 2. The second-order valence-electron chi connectivity index (χ2n) is 5.83. The zero-order chi connectivity index (χ0) is 15.8. The third kappa shape index (κ3) is 2.46. The molecule has 1 atom stereocenters. The normalized spacial score (nSPS) is 17.1. The summed E-state index contributed by atoms with van der Waals surface area (Å²) in [7, 11) is 0. The summed E-state index contributed by atoms with van der Waals surface area (Å²) < 4.78 is 14.9. The summed E-state index contributed by atoms with van der Waals surface area (Å²) in [5, 5.41) is 4.35. The zero-order valence-corrected chi connectivity index (χ0v) is 12.4. The van der Waals surface area contributed by atoms with Crippen LogP contribution in [0, 0.1) is 5.82 Å². The lowest BCUT2D eigenvalue weighted by molar-refractivity contribution is 0.0963. The number of Topliss-reactive ketones (excluding diaryl/α,β-unsaturated/α-hetero) is 1. The van der Waals surface area contributed by atoms with Crippen LogP contribution in [-0.2, 0) is 6.42 Å². The molecule has 3 aromatic rings. The van der Waals surface area contributed by atoms with Gasteiger partial charge in [0.25, 0.3) is 0 Å². The fourth-order valence-electron chi connectivity index (χ4n) is 3.21. The van der Waals surface area contributed by atoms with E-state index in [-0.39, 0.29) is 17.5 Å². The Balaban J connectivity index is 1.75. The van der Waals surface area contributed by atoms with Crippen LogP contribution < -0.4 is 0 Å². The SMILES string of the molecule is O=C1CC(c2ccccc2)Cc2c1cnn2-c1ccc(F)cc1. The van der Waals surface area contributed by atoms with Crippen molar-refractivity contribution in [2.45, 2.75) is 18.8 Å². The lowest BCUT2D eigenvalue weighted by Gasteiger charge is -2.22. The van der Waals surface area contributed by atoms with Gasteiger partial charge < -0.3 is 0 Å². The maximum atomic E-state index is 13.1. The van der Waals surface area contributed by atoms with E-state index in [2.05, 4.69) is 17.2 Å². The average Bonchev–Trinajstić information content (AvgIpc) is 3.01. The summed E-state index contributed by atoms with van der Waals surface area (Å²) in [5.41, 5.74) is 3.52. The van der Waals surface area contributed by atoms with Crippen molar-refractivity contribution in [1.29, 1.82) is 0 Å². The fourth-order valence-corrected chi connectivity index (χ4v) is 3.21. The predicted octanol–water partition coefficient (Wildman–Crippen LogP) is 3.92. The van der Waals surface area contributed by atoms with Crippen molar-refractivity contribution >= 4 is 5.78 Å². The maximum Gasteiger partial charge on any atom is 0.166 e. The molecule has 1 unspecified atom stereocenters. The van der Waals surface area contributed by atoms with E-state index in [4.69, 9.17) is 0 Å². The minimum absolute atomic E-state index is 0.119. The van der Waals surface area contributed by atoms with Gasteiger partial charge in [0.05, 0.1) is 23.1 Å². The van der Waals surface area contributed by atoms with Crippen molar-refractivity contribution in [1.82, 2.24) is 9.78 Å². The number of rotatable bonds is 2. The number of hydrogen-bond acceptors (Lipinski definition) is 2. The molecule has 3 nitrogen and oxygen atoms in total. The number of benzene rings is 2. The number of fused-ring (bicyclic) bond motifs is 1. The number of halogens is 1. The summed E-state index contributed by atoms with van der Waals surface area (Å²) in [6, 6.07) is 16.2. The van der Waals surface area contributed by atoms with Crippen LogP contribution >= 0.6 is 0 Å². The largest absolute Gasteiger partial charge is 0.294 e. The van der Waals surface area contributed by atoms with Gasteiger partial charge in [-0.1, -0.05) is 30.3 Å². The van der Waals surface area contributed by atoms with Crippen molar-refractivity contribution in [2.24, 2.45) is 0 Å². The van der Waals surface area contributed by atoms with E-state index < -0.39 is 0 Å². The van der Waals surface area contributed by atoms with Crippen LogP contribution in [0.25, 0.3) is 5.69 Å². The molecule has 0 bridgehead atoms. The van der Waals surface area contributed by atoms with Gasteiger partial charge in [-0.2, -0.15) is 5.10 Å². The van der Waals surface area contributed by atoms with Gasteiger partial charge in [-0.3, -0.25) is 4.79 Å². The van der Waals surface area contributed by atoms with E-state index in [1.165, 1.54) is 17.7 Å². The molecule has 1 aliphatic carbocycles. The molecule has 0 N–H and O–H groups in total. The molecule has 2 aromatic carbocycles. The Labute approximate surface area is 133 Å². The van der Waals surface area contributed by atoms with Gasteiger partial charge in [-0.25, -0.2) is 9.07 Å². The van der Waals surface area contributed by atoms with Crippen molar-refractivity contribution < 1.29 is 9.18 Å². The van der Waals surface area contributed by atoms with Crippen molar-refractivity contribution in [2.75, 3.05) is 0 Å². The molecule has 1 aliphatic rings. The van der Waals surface area contributed by atoms with Crippen LogP contribution in [0.1, 0.15) is 34.0 Å². The standard InChI is InChI=1S/C19H15FN2O/c20-15-6-8-16(9-7-15)22-18-10-14(13-4-2-1-3-5-13)11-19(23)17(18)12-21-22/h1-9,12,14H,10-11H2. The predicted molar refractivity (Wildman–Crippen MR) is 85.4 cm³/mol. The number of carbonyl (C=O) groups excluding carboxylic acids is 1. The molecule has 0 spiro atoms. The molecule has 114 valence electrons. The van der Waals surface area contributed by atoms with Gasteiger partial charge >= 0.3 is 0 Å². The molecule has 0 amide bonds. The third-order valence-electron chi connectivity index (χ3n) is 4.38. The average molecular weight is 306 g/mol. The summed E-state index contributed by atoms with van der Waals surface area (Å²) in [4.78, 5) is 12.5. The highest BCUT2D eigenvalue weighted by Crippen LogP contribution is 2.33. The number of carbonyl (C=O) groups is 1. The van der Waals surface area contributed by atoms with Gasteiger partial charge in [-0.15, -0.1) is 0 Å². The molecule has 23 heavy (non-hydrogen) atoms. The molecule has 0 saturated carbocycles. The van der Waals surface area contributed by atoms with Gasteiger partial charge in [-0.05, 0) is 42.2 Å². The van der Waals surface area contributed by atoms with E-state index in [9.17, 15) is 9.18 Å². The first kappa shape index (κ1) is 13.9. The zero-order valence-electron chi connectivity index (χ0n) is 12.4.